The minimum atomic E-state index is 0.0908. The van der Waals surface area contributed by atoms with Crippen LogP contribution in [-0.2, 0) is 9.53 Å². The van der Waals surface area contributed by atoms with Crippen molar-refractivity contribution in [1.29, 1.82) is 0 Å². The maximum absolute atomic E-state index is 12.0. The molecule has 1 fully saturated rings. The SMILES string of the molecule is CCOCCCNC(=O)C[NH+]1CCN(c2ccc(C(C)=O)cc2)CC1. The van der Waals surface area contributed by atoms with Gasteiger partial charge in [0.25, 0.3) is 5.91 Å². The Bertz CT molecular complexity index is 552. The fraction of sp³-hybridized carbons (Fsp3) is 0.579. The fourth-order valence-corrected chi connectivity index (χ4v) is 3.00. The summed E-state index contributed by atoms with van der Waals surface area (Å²) in [6.45, 7) is 9.93. The number of quaternary nitrogens is 1. The van der Waals surface area contributed by atoms with E-state index in [2.05, 4.69) is 10.2 Å². The van der Waals surface area contributed by atoms with Gasteiger partial charge in [-0.15, -0.1) is 0 Å². The number of carbonyl (C=O) groups is 2. The Morgan fingerprint density at radius 1 is 1.20 bits per heavy atom. The highest BCUT2D eigenvalue weighted by Gasteiger charge is 2.22. The molecule has 1 saturated heterocycles. The molecule has 2 N–H and O–H groups in total. The van der Waals surface area contributed by atoms with Crippen molar-refractivity contribution in [1.82, 2.24) is 5.32 Å². The third-order valence-electron chi connectivity index (χ3n) is 4.51. The summed E-state index contributed by atoms with van der Waals surface area (Å²) < 4.78 is 5.26. The predicted octanol–water partition coefficient (Wildman–Crippen LogP) is 0.137. The molecule has 1 aromatic carbocycles. The Morgan fingerprint density at radius 3 is 2.48 bits per heavy atom. The minimum absolute atomic E-state index is 0.0908. The van der Waals surface area contributed by atoms with Crippen LogP contribution < -0.4 is 15.1 Å². The zero-order valence-corrected chi connectivity index (χ0v) is 15.3. The number of ketones is 1. The minimum Gasteiger partial charge on any atom is -0.382 e. The second-order valence-electron chi connectivity index (χ2n) is 6.42. The maximum Gasteiger partial charge on any atom is 0.275 e. The van der Waals surface area contributed by atoms with Gasteiger partial charge in [-0.2, -0.15) is 0 Å². The van der Waals surface area contributed by atoms with E-state index in [1.807, 2.05) is 31.2 Å². The number of piperazine rings is 1. The van der Waals surface area contributed by atoms with Crippen molar-refractivity contribution in [2.45, 2.75) is 20.3 Å². The highest BCUT2D eigenvalue weighted by Crippen LogP contribution is 2.15. The van der Waals surface area contributed by atoms with E-state index in [1.165, 1.54) is 4.90 Å². The largest absolute Gasteiger partial charge is 0.382 e. The number of anilines is 1. The molecule has 0 atom stereocenters. The van der Waals surface area contributed by atoms with E-state index in [1.54, 1.807) is 6.92 Å². The van der Waals surface area contributed by atoms with Crippen molar-refractivity contribution >= 4 is 17.4 Å². The van der Waals surface area contributed by atoms with Gasteiger partial charge in [0, 0.05) is 31.0 Å². The molecule has 25 heavy (non-hydrogen) atoms. The monoisotopic (exact) mass is 348 g/mol. The van der Waals surface area contributed by atoms with E-state index in [0.717, 1.165) is 50.5 Å². The van der Waals surface area contributed by atoms with Crippen molar-refractivity contribution in [3.05, 3.63) is 29.8 Å². The summed E-state index contributed by atoms with van der Waals surface area (Å²) >= 11 is 0. The first-order chi connectivity index (χ1) is 12.1. The summed E-state index contributed by atoms with van der Waals surface area (Å²) in [5, 5.41) is 2.96. The van der Waals surface area contributed by atoms with Crippen LogP contribution in [-0.4, -0.2) is 64.2 Å². The molecule has 138 valence electrons. The number of benzene rings is 1. The predicted molar refractivity (Wildman–Crippen MR) is 98.3 cm³/mol. The summed E-state index contributed by atoms with van der Waals surface area (Å²) in [6, 6.07) is 7.78. The average Bonchev–Trinajstić information content (AvgIpc) is 2.62. The number of Topliss-reactive ketones (excluding diaryl/α,β-unsaturated/α-hetero) is 1. The molecule has 1 amide bonds. The Morgan fingerprint density at radius 2 is 1.88 bits per heavy atom. The Labute approximate surface area is 150 Å². The summed E-state index contributed by atoms with van der Waals surface area (Å²) in [5.74, 6) is 0.207. The molecule has 6 heteroatoms. The fourth-order valence-electron chi connectivity index (χ4n) is 3.00. The zero-order chi connectivity index (χ0) is 18.1. The molecule has 0 bridgehead atoms. The van der Waals surface area contributed by atoms with Gasteiger partial charge in [-0.25, -0.2) is 0 Å². The van der Waals surface area contributed by atoms with Crippen LogP contribution in [0.25, 0.3) is 0 Å². The molecule has 0 radical (unpaired) electrons. The number of rotatable bonds is 9. The molecule has 1 aliphatic rings. The molecule has 6 nitrogen and oxygen atoms in total. The number of nitrogens with one attached hydrogen (secondary N) is 2. The molecule has 2 rings (SSSR count). The molecule has 1 aromatic rings. The molecule has 0 unspecified atom stereocenters. The molecule has 1 heterocycles. The van der Waals surface area contributed by atoms with Crippen molar-refractivity contribution in [3.8, 4) is 0 Å². The zero-order valence-electron chi connectivity index (χ0n) is 15.3. The van der Waals surface area contributed by atoms with Gasteiger partial charge in [-0.3, -0.25) is 9.59 Å². The molecule has 1 aliphatic heterocycles. The van der Waals surface area contributed by atoms with Gasteiger partial charge < -0.3 is 19.9 Å². The van der Waals surface area contributed by atoms with Crippen molar-refractivity contribution in [2.75, 3.05) is 57.4 Å². The molecular weight excluding hydrogens is 318 g/mol. The molecule has 0 saturated carbocycles. The van der Waals surface area contributed by atoms with Gasteiger partial charge in [0.15, 0.2) is 12.3 Å². The van der Waals surface area contributed by atoms with Gasteiger partial charge in [0.05, 0.1) is 26.2 Å². The first-order valence-corrected chi connectivity index (χ1v) is 9.14. The number of amides is 1. The molecule has 0 aliphatic carbocycles. The van der Waals surface area contributed by atoms with Crippen molar-refractivity contribution in [2.24, 2.45) is 0 Å². The van der Waals surface area contributed by atoms with Gasteiger partial charge in [0.1, 0.15) is 0 Å². The second-order valence-corrected chi connectivity index (χ2v) is 6.42. The van der Waals surface area contributed by atoms with E-state index in [0.29, 0.717) is 19.7 Å². The van der Waals surface area contributed by atoms with Crippen LogP contribution in [0.5, 0.6) is 0 Å². The number of hydrogen-bond acceptors (Lipinski definition) is 4. The quantitative estimate of drug-likeness (QED) is 0.492. The summed E-state index contributed by atoms with van der Waals surface area (Å²) in [4.78, 5) is 27.0. The van der Waals surface area contributed by atoms with Gasteiger partial charge >= 0.3 is 0 Å². The number of nitrogens with zero attached hydrogens (tertiary/aromatic N) is 1. The lowest BCUT2D eigenvalue weighted by molar-refractivity contribution is -0.892. The summed E-state index contributed by atoms with van der Waals surface area (Å²) in [7, 11) is 0. The highest BCUT2D eigenvalue weighted by molar-refractivity contribution is 5.94. The van der Waals surface area contributed by atoms with Gasteiger partial charge in [0.2, 0.25) is 0 Å². The van der Waals surface area contributed by atoms with Crippen molar-refractivity contribution in [3.63, 3.8) is 0 Å². The van der Waals surface area contributed by atoms with E-state index in [-0.39, 0.29) is 11.7 Å². The van der Waals surface area contributed by atoms with Crippen LogP contribution in [0.15, 0.2) is 24.3 Å². The van der Waals surface area contributed by atoms with Crippen LogP contribution in [0.3, 0.4) is 0 Å². The second kappa shape index (κ2) is 10.2. The van der Waals surface area contributed by atoms with Gasteiger partial charge in [-0.1, -0.05) is 0 Å². The summed E-state index contributed by atoms with van der Waals surface area (Å²) in [6.07, 6.45) is 0.860. The lowest BCUT2D eigenvalue weighted by atomic mass is 10.1. The Balaban J connectivity index is 1.68. The van der Waals surface area contributed by atoms with Crippen LogP contribution >= 0.6 is 0 Å². The molecule has 0 spiro atoms. The number of ether oxygens (including phenoxy) is 1. The van der Waals surface area contributed by atoms with Crippen LogP contribution in [0.2, 0.25) is 0 Å². The van der Waals surface area contributed by atoms with Gasteiger partial charge in [-0.05, 0) is 44.5 Å². The maximum atomic E-state index is 12.0. The lowest BCUT2D eigenvalue weighted by Crippen LogP contribution is -3.15. The normalized spacial score (nSPS) is 15.2. The average molecular weight is 348 g/mol. The topological polar surface area (TPSA) is 63.1 Å². The van der Waals surface area contributed by atoms with E-state index >= 15 is 0 Å². The first-order valence-electron chi connectivity index (χ1n) is 9.14. The molecule has 0 aromatic heterocycles. The van der Waals surface area contributed by atoms with Crippen molar-refractivity contribution < 1.29 is 19.2 Å². The van der Waals surface area contributed by atoms with Crippen LogP contribution in [0.1, 0.15) is 30.6 Å². The highest BCUT2D eigenvalue weighted by atomic mass is 16.5. The summed E-state index contributed by atoms with van der Waals surface area (Å²) in [5.41, 5.74) is 1.89. The standard InChI is InChI=1S/C19H29N3O3/c1-3-25-14-4-9-20-19(24)15-21-10-12-22(13-11-21)18-7-5-17(6-8-18)16(2)23/h5-8H,3-4,9-15H2,1-2H3,(H,20,24)/p+1. The van der Waals surface area contributed by atoms with E-state index < -0.39 is 0 Å². The Hall–Kier alpha value is -1.92. The van der Waals surface area contributed by atoms with E-state index in [4.69, 9.17) is 4.74 Å². The van der Waals surface area contributed by atoms with Crippen LogP contribution in [0.4, 0.5) is 5.69 Å². The number of carbonyl (C=O) groups excluding carboxylic acids is 2. The first kappa shape index (κ1) is 19.4. The third-order valence-corrected chi connectivity index (χ3v) is 4.51. The smallest absolute Gasteiger partial charge is 0.275 e. The third kappa shape index (κ3) is 6.48. The number of hydrogen-bond donors (Lipinski definition) is 2. The van der Waals surface area contributed by atoms with Crippen LogP contribution in [0, 0.1) is 0 Å². The molecular formula is C19H30N3O3+. The lowest BCUT2D eigenvalue weighted by Gasteiger charge is -2.33. The Kier molecular flexibility index (Phi) is 7.88. The van der Waals surface area contributed by atoms with E-state index in [9.17, 15) is 9.59 Å².